The summed E-state index contributed by atoms with van der Waals surface area (Å²) in [6, 6.07) is 11.6. The number of anilines is 1. The number of aromatic nitrogens is 3. The molecule has 4 heterocycles. The minimum absolute atomic E-state index is 0.0488. The molecule has 0 saturated carbocycles. The van der Waals surface area contributed by atoms with Crippen molar-refractivity contribution in [1.29, 1.82) is 0 Å². The van der Waals surface area contributed by atoms with E-state index in [9.17, 15) is 4.79 Å². The lowest BCUT2D eigenvalue weighted by molar-refractivity contribution is 0.0705. The van der Waals surface area contributed by atoms with Crippen LogP contribution in [-0.4, -0.2) is 77.0 Å². The van der Waals surface area contributed by atoms with Gasteiger partial charge < -0.3 is 19.4 Å². The molecule has 0 radical (unpaired) electrons. The average molecular weight is 473 g/mol. The van der Waals surface area contributed by atoms with Gasteiger partial charge in [0.15, 0.2) is 0 Å². The Bertz CT molecular complexity index is 1180. The number of ether oxygens (including phenoxy) is 1. The number of rotatable bonds is 5. The van der Waals surface area contributed by atoms with Crippen LogP contribution in [0.2, 0.25) is 0 Å². The highest BCUT2D eigenvalue weighted by Crippen LogP contribution is 2.29. The first-order valence-electron chi connectivity index (χ1n) is 12.3. The van der Waals surface area contributed by atoms with E-state index in [-0.39, 0.29) is 11.8 Å². The van der Waals surface area contributed by atoms with Gasteiger partial charge in [0, 0.05) is 63.1 Å². The predicted molar refractivity (Wildman–Crippen MR) is 135 cm³/mol. The van der Waals surface area contributed by atoms with Crippen LogP contribution in [0.5, 0.6) is 11.6 Å². The van der Waals surface area contributed by atoms with Gasteiger partial charge in [-0.25, -0.2) is 9.97 Å². The molecule has 0 bridgehead atoms. The molecule has 1 amide bonds. The lowest BCUT2D eigenvalue weighted by atomic mass is 9.94. The molecule has 0 unspecified atom stereocenters. The summed E-state index contributed by atoms with van der Waals surface area (Å²) in [5.41, 5.74) is 2.60. The van der Waals surface area contributed by atoms with Crippen molar-refractivity contribution in [2.75, 3.05) is 51.2 Å². The first-order chi connectivity index (χ1) is 17.1. The Kier molecular flexibility index (Phi) is 6.90. The molecule has 2 fully saturated rings. The van der Waals surface area contributed by atoms with Crippen molar-refractivity contribution >= 4 is 11.7 Å². The van der Waals surface area contributed by atoms with Crippen molar-refractivity contribution in [2.24, 2.45) is 0 Å². The van der Waals surface area contributed by atoms with Gasteiger partial charge in [-0.15, -0.1) is 0 Å². The number of piperidine rings is 1. The van der Waals surface area contributed by atoms with Gasteiger partial charge in [0.25, 0.3) is 5.91 Å². The Morgan fingerprint density at radius 3 is 2.71 bits per heavy atom. The van der Waals surface area contributed by atoms with Crippen LogP contribution in [0.1, 0.15) is 40.4 Å². The molecule has 0 aliphatic carbocycles. The van der Waals surface area contributed by atoms with Gasteiger partial charge in [-0.3, -0.25) is 9.78 Å². The molecule has 3 aromatic rings. The highest BCUT2D eigenvalue weighted by molar-refractivity contribution is 5.95. The van der Waals surface area contributed by atoms with Crippen molar-refractivity contribution in [3.63, 3.8) is 0 Å². The monoisotopic (exact) mass is 472 g/mol. The second-order valence-electron chi connectivity index (χ2n) is 9.43. The molecule has 182 valence electrons. The summed E-state index contributed by atoms with van der Waals surface area (Å²) in [4.78, 5) is 33.6. The fraction of sp³-hybridized carbons (Fsp3) is 0.407. The van der Waals surface area contributed by atoms with Crippen molar-refractivity contribution in [2.45, 2.75) is 25.7 Å². The van der Waals surface area contributed by atoms with Gasteiger partial charge in [0.05, 0.1) is 11.9 Å². The highest BCUT2D eigenvalue weighted by Gasteiger charge is 2.27. The Morgan fingerprint density at radius 1 is 1.06 bits per heavy atom. The third kappa shape index (κ3) is 5.43. The van der Waals surface area contributed by atoms with Crippen LogP contribution >= 0.6 is 0 Å². The number of hydrogen-bond acceptors (Lipinski definition) is 7. The maximum Gasteiger partial charge on any atom is 0.254 e. The number of likely N-dealkylation sites (tertiary alicyclic amines) is 1. The molecule has 0 spiro atoms. The summed E-state index contributed by atoms with van der Waals surface area (Å²) in [6.07, 6.45) is 7.08. The SMILES string of the molecule is Cc1ccccc1Oc1cncc([C@@H]2CCCN(C(=O)c3ccnc(N4CCN(C)CC4)c3)C2)n1. The Morgan fingerprint density at radius 2 is 1.89 bits per heavy atom. The van der Waals surface area contributed by atoms with E-state index in [4.69, 9.17) is 9.72 Å². The van der Waals surface area contributed by atoms with Crippen LogP contribution in [0.25, 0.3) is 0 Å². The first-order valence-corrected chi connectivity index (χ1v) is 12.3. The molecule has 2 saturated heterocycles. The van der Waals surface area contributed by atoms with Crippen molar-refractivity contribution in [3.8, 4) is 11.6 Å². The van der Waals surface area contributed by atoms with Crippen molar-refractivity contribution in [3.05, 3.63) is 71.8 Å². The molecular weight excluding hydrogens is 440 g/mol. The standard InChI is InChI=1S/C27H32N6O2/c1-20-6-3-4-8-24(20)35-26-18-28-17-23(30-26)22-7-5-11-33(19-22)27(34)21-9-10-29-25(16-21)32-14-12-31(2)13-15-32/h3-4,6,8-10,16-18,22H,5,7,11-15,19H2,1-2H3/t22-/m1/s1. The lowest BCUT2D eigenvalue weighted by Crippen LogP contribution is -2.45. The number of piperazine rings is 1. The van der Waals surface area contributed by atoms with Crippen LogP contribution in [-0.2, 0) is 0 Å². The van der Waals surface area contributed by atoms with Crippen molar-refractivity contribution < 1.29 is 9.53 Å². The highest BCUT2D eigenvalue weighted by atomic mass is 16.5. The lowest BCUT2D eigenvalue weighted by Gasteiger charge is -2.34. The Hall–Kier alpha value is -3.52. The summed E-state index contributed by atoms with van der Waals surface area (Å²) in [7, 11) is 2.13. The second-order valence-corrected chi connectivity index (χ2v) is 9.43. The van der Waals surface area contributed by atoms with Crippen LogP contribution in [0.3, 0.4) is 0 Å². The number of nitrogens with zero attached hydrogens (tertiary/aromatic N) is 6. The molecule has 2 aliphatic heterocycles. The van der Waals surface area contributed by atoms with Crippen LogP contribution < -0.4 is 9.64 Å². The fourth-order valence-corrected chi connectivity index (χ4v) is 4.74. The van der Waals surface area contributed by atoms with Gasteiger partial charge in [0.1, 0.15) is 11.6 Å². The minimum atomic E-state index is 0.0488. The summed E-state index contributed by atoms with van der Waals surface area (Å²) in [5.74, 6) is 2.30. The molecule has 8 nitrogen and oxygen atoms in total. The van der Waals surface area contributed by atoms with Gasteiger partial charge in [0.2, 0.25) is 5.88 Å². The molecular formula is C27H32N6O2. The number of likely N-dealkylation sites (N-methyl/N-ethyl adjacent to an activating group) is 1. The Labute approximate surface area is 206 Å². The van der Waals surface area contributed by atoms with E-state index in [1.807, 2.05) is 48.2 Å². The zero-order valence-corrected chi connectivity index (χ0v) is 20.4. The number of carbonyl (C=O) groups excluding carboxylic acids is 1. The normalized spacial score (nSPS) is 19.0. The van der Waals surface area contributed by atoms with E-state index in [0.29, 0.717) is 18.0 Å². The maximum atomic E-state index is 13.4. The molecule has 2 aliphatic rings. The molecule has 8 heteroatoms. The van der Waals surface area contributed by atoms with Crippen molar-refractivity contribution in [1.82, 2.24) is 24.8 Å². The Balaban J connectivity index is 1.28. The third-order valence-electron chi connectivity index (χ3n) is 6.89. The van der Waals surface area contributed by atoms with Gasteiger partial charge >= 0.3 is 0 Å². The molecule has 2 aromatic heterocycles. The predicted octanol–water partition coefficient (Wildman–Crippen LogP) is 3.74. The van der Waals surface area contributed by atoms with Crippen LogP contribution in [0.4, 0.5) is 5.82 Å². The molecule has 5 rings (SSSR count). The average Bonchev–Trinajstić information content (AvgIpc) is 2.90. The number of carbonyl (C=O) groups is 1. The molecule has 1 aromatic carbocycles. The number of para-hydroxylation sites is 1. The van der Waals surface area contributed by atoms with E-state index in [1.165, 1.54) is 0 Å². The second kappa shape index (κ2) is 10.4. The summed E-state index contributed by atoms with van der Waals surface area (Å²) in [6.45, 7) is 7.22. The van der Waals surface area contributed by atoms with Gasteiger partial charge in [-0.1, -0.05) is 18.2 Å². The largest absolute Gasteiger partial charge is 0.437 e. The van der Waals surface area contributed by atoms with Crippen LogP contribution in [0.15, 0.2) is 55.0 Å². The van der Waals surface area contributed by atoms with E-state index in [1.54, 1.807) is 18.6 Å². The molecule has 0 N–H and O–H groups in total. The number of hydrogen-bond donors (Lipinski definition) is 0. The van der Waals surface area contributed by atoms with E-state index in [0.717, 1.165) is 68.4 Å². The van der Waals surface area contributed by atoms with Crippen LogP contribution in [0, 0.1) is 6.92 Å². The maximum absolute atomic E-state index is 13.4. The van der Waals surface area contributed by atoms with E-state index in [2.05, 4.69) is 26.8 Å². The van der Waals surface area contributed by atoms with E-state index >= 15 is 0 Å². The summed E-state index contributed by atoms with van der Waals surface area (Å²) in [5, 5.41) is 0. The zero-order valence-electron chi connectivity index (χ0n) is 20.4. The fourth-order valence-electron chi connectivity index (χ4n) is 4.74. The summed E-state index contributed by atoms with van der Waals surface area (Å²) < 4.78 is 5.99. The molecule has 35 heavy (non-hydrogen) atoms. The number of amides is 1. The van der Waals surface area contributed by atoms with Gasteiger partial charge in [-0.2, -0.15) is 0 Å². The van der Waals surface area contributed by atoms with E-state index < -0.39 is 0 Å². The third-order valence-corrected chi connectivity index (χ3v) is 6.89. The number of benzene rings is 1. The van der Waals surface area contributed by atoms with Gasteiger partial charge in [-0.05, 0) is 50.6 Å². The number of aryl methyl sites for hydroxylation is 1. The molecule has 1 atom stereocenters. The topological polar surface area (TPSA) is 74.7 Å². The zero-order chi connectivity index (χ0) is 24.2. The smallest absolute Gasteiger partial charge is 0.254 e. The number of pyridine rings is 1. The first kappa shape index (κ1) is 23.2. The quantitative estimate of drug-likeness (QED) is 0.560. The summed E-state index contributed by atoms with van der Waals surface area (Å²) >= 11 is 0. The minimum Gasteiger partial charge on any atom is -0.437 e.